The summed E-state index contributed by atoms with van der Waals surface area (Å²) < 4.78 is 5.05. The van der Waals surface area contributed by atoms with Gasteiger partial charge in [0.1, 0.15) is 11.6 Å². The molecule has 1 aliphatic heterocycles. The molecule has 130 valence electrons. The average Bonchev–Trinajstić information content (AvgIpc) is 3.26. The lowest BCUT2D eigenvalue weighted by Gasteiger charge is -2.14. The number of carbonyl (C=O) groups is 2. The molecule has 0 spiro atoms. The first-order valence-electron chi connectivity index (χ1n) is 7.91. The molecule has 1 fully saturated rings. The number of ketones is 1. The molecule has 8 heteroatoms. The molecule has 0 saturated carbocycles. The van der Waals surface area contributed by atoms with Gasteiger partial charge in [-0.05, 0) is 18.4 Å². The number of hydrogen-bond donors (Lipinski definition) is 0. The van der Waals surface area contributed by atoms with Crippen LogP contribution in [-0.4, -0.2) is 44.8 Å². The third-order valence-electron chi connectivity index (χ3n) is 4.07. The molecule has 1 amide bonds. The zero-order chi connectivity index (χ0) is 17.8. The van der Waals surface area contributed by atoms with Crippen molar-refractivity contribution in [3.63, 3.8) is 0 Å². The maximum Gasteiger partial charge on any atom is 0.276 e. The van der Waals surface area contributed by atoms with Crippen molar-refractivity contribution in [1.82, 2.24) is 20.0 Å². The third-order valence-corrected chi connectivity index (χ3v) is 4.27. The fourth-order valence-electron chi connectivity index (χ4n) is 2.79. The summed E-state index contributed by atoms with van der Waals surface area (Å²) in [7, 11) is 0. The van der Waals surface area contributed by atoms with Gasteiger partial charge in [0.15, 0.2) is 11.5 Å². The third kappa shape index (κ3) is 4.30. The van der Waals surface area contributed by atoms with Crippen molar-refractivity contribution in [2.24, 2.45) is 5.92 Å². The van der Waals surface area contributed by atoms with Crippen LogP contribution < -0.4 is 0 Å². The van der Waals surface area contributed by atoms with Gasteiger partial charge >= 0.3 is 0 Å². The van der Waals surface area contributed by atoms with Gasteiger partial charge < -0.3 is 9.42 Å². The Bertz CT molecular complexity index is 787. The van der Waals surface area contributed by atoms with Crippen LogP contribution in [0.3, 0.4) is 0 Å². The van der Waals surface area contributed by atoms with Crippen molar-refractivity contribution in [1.29, 1.82) is 0 Å². The normalized spacial score (nSPS) is 16.8. The lowest BCUT2D eigenvalue weighted by Crippen LogP contribution is -2.29. The Balaban J connectivity index is 1.58. The summed E-state index contributed by atoms with van der Waals surface area (Å²) in [5.41, 5.74) is 0.218. The number of aromatic nitrogens is 3. The molecule has 7 nitrogen and oxygen atoms in total. The molecule has 0 aliphatic carbocycles. The monoisotopic (exact) mass is 360 g/mol. The quantitative estimate of drug-likeness (QED) is 0.733. The summed E-state index contributed by atoms with van der Waals surface area (Å²) in [6.07, 6.45) is 5.98. The zero-order valence-electron chi connectivity index (χ0n) is 13.5. The maximum absolute atomic E-state index is 12.5. The molecule has 3 heterocycles. The van der Waals surface area contributed by atoms with E-state index < -0.39 is 0 Å². The molecular formula is C17H17ClN4O3. The summed E-state index contributed by atoms with van der Waals surface area (Å²) in [5.74, 6) is 0.993. The van der Waals surface area contributed by atoms with Crippen LogP contribution in [0.25, 0.3) is 0 Å². The van der Waals surface area contributed by atoms with Gasteiger partial charge in [-0.1, -0.05) is 23.3 Å². The Labute approximate surface area is 149 Å². The molecule has 25 heavy (non-hydrogen) atoms. The number of rotatable bonds is 6. The number of carbonyl (C=O) groups excluding carboxylic acids is 2. The maximum atomic E-state index is 12.5. The summed E-state index contributed by atoms with van der Waals surface area (Å²) >= 11 is 5.78. The second-order valence-corrected chi connectivity index (χ2v) is 6.39. The molecule has 3 rings (SSSR count). The lowest BCUT2D eigenvalue weighted by atomic mass is 10.0. The molecule has 1 aliphatic rings. The molecule has 0 radical (unpaired) electrons. The van der Waals surface area contributed by atoms with E-state index in [9.17, 15) is 9.59 Å². The second-order valence-electron chi connectivity index (χ2n) is 5.95. The van der Waals surface area contributed by atoms with E-state index in [0.717, 1.165) is 12.2 Å². The van der Waals surface area contributed by atoms with Crippen molar-refractivity contribution in [2.75, 3.05) is 13.1 Å². The van der Waals surface area contributed by atoms with Crippen LogP contribution in [0.2, 0.25) is 5.02 Å². The number of halogens is 1. The lowest BCUT2D eigenvalue weighted by molar-refractivity contribution is -0.114. The highest BCUT2D eigenvalue weighted by Gasteiger charge is 2.29. The van der Waals surface area contributed by atoms with E-state index in [2.05, 4.69) is 21.7 Å². The van der Waals surface area contributed by atoms with Gasteiger partial charge in [0.25, 0.3) is 5.91 Å². The van der Waals surface area contributed by atoms with Crippen molar-refractivity contribution in [3.05, 3.63) is 53.4 Å². The van der Waals surface area contributed by atoms with Gasteiger partial charge in [-0.15, -0.1) is 0 Å². The Morgan fingerprint density at radius 1 is 1.40 bits per heavy atom. The molecular weight excluding hydrogens is 344 g/mol. The van der Waals surface area contributed by atoms with Gasteiger partial charge in [-0.2, -0.15) is 0 Å². The predicted octanol–water partition coefficient (Wildman–Crippen LogP) is 2.12. The highest BCUT2D eigenvalue weighted by Crippen LogP contribution is 2.21. The minimum absolute atomic E-state index is 0.0559. The van der Waals surface area contributed by atoms with Crippen molar-refractivity contribution in [2.45, 2.75) is 19.3 Å². The Hall–Kier alpha value is -2.54. The topological polar surface area (TPSA) is 89.2 Å². The highest BCUT2D eigenvalue weighted by atomic mass is 35.5. The minimum Gasteiger partial charge on any atom is -0.360 e. The van der Waals surface area contributed by atoms with Crippen LogP contribution in [-0.2, 0) is 17.6 Å². The Kier molecular flexibility index (Phi) is 5.23. The van der Waals surface area contributed by atoms with Gasteiger partial charge in [0.05, 0.1) is 11.4 Å². The molecule has 0 bridgehead atoms. The Morgan fingerprint density at radius 3 is 2.88 bits per heavy atom. The first-order valence-corrected chi connectivity index (χ1v) is 8.29. The molecule has 0 unspecified atom stereocenters. The van der Waals surface area contributed by atoms with Gasteiger partial charge in [-0.25, -0.2) is 9.97 Å². The molecule has 2 aromatic rings. The van der Waals surface area contributed by atoms with E-state index in [0.29, 0.717) is 36.2 Å². The number of nitrogens with zero attached hydrogens (tertiary/aromatic N) is 4. The summed E-state index contributed by atoms with van der Waals surface area (Å²) in [5, 5.41) is 4.28. The summed E-state index contributed by atoms with van der Waals surface area (Å²) in [6, 6.07) is 1.51. The van der Waals surface area contributed by atoms with Crippen LogP contribution in [0.5, 0.6) is 0 Å². The van der Waals surface area contributed by atoms with Crippen LogP contribution >= 0.6 is 11.6 Å². The van der Waals surface area contributed by atoms with Crippen LogP contribution in [0, 0.1) is 5.92 Å². The van der Waals surface area contributed by atoms with Crippen molar-refractivity contribution < 1.29 is 14.1 Å². The van der Waals surface area contributed by atoms with Gasteiger partial charge in [0.2, 0.25) is 0 Å². The highest BCUT2D eigenvalue weighted by molar-refractivity contribution is 6.30. The zero-order valence-corrected chi connectivity index (χ0v) is 14.3. The minimum atomic E-state index is -0.194. The van der Waals surface area contributed by atoms with E-state index in [1.54, 1.807) is 17.3 Å². The molecule has 2 aromatic heterocycles. The van der Waals surface area contributed by atoms with E-state index in [1.165, 1.54) is 12.1 Å². The van der Waals surface area contributed by atoms with Gasteiger partial charge in [-0.3, -0.25) is 9.59 Å². The van der Waals surface area contributed by atoms with Gasteiger partial charge in [0, 0.05) is 38.0 Å². The number of allylic oxidation sites excluding steroid dienone is 1. The fourth-order valence-corrected chi connectivity index (χ4v) is 2.89. The van der Waals surface area contributed by atoms with Crippen molar-refractivity contribution in [3.8, 4) is 0 Å². The smallest absolute Gasteiger partial charge is 0.276 e. The number of hydrogen-bond acceptors (Lipinski definition) is 6. The average molecular weight is 361 g/mol. The molecule has 0 aromatic carbocycles. The summed E-state index contributed by atoms with van der Waals surface area (Å²) in [6.45, 7) is 4.66. The molecule has 1 atom stereocenters. The number of amides is 1. The Morgan fingerprint density at radius 2 is 2.16 bits per heavy atom. The van der Waals surface area contributed by atoms with Crippen LogP contribution in [0.1, 0.15) is 28.5 Å². The fraction of sp³-hybridized carbons (Fsp3) is 0.353. The van der Waals surface area contributed by atoms with Crippen LogP contribution in [0.15, 0.2) is 35.6 Å². The molecule has 1 saturated heterocycles. The van der Waals surface area contributed by atoms with E-state index in [1.807, 2.05) is 0 Å². The number of likely N-dealkylation sites (tertiary alicyclic amines) is 1. The molecule has 0 N–H and O–H groups in total. The first-order chi connectivity index (χ1) is 12.0. The SMILES string of the molecule is C=CC(=O)Cc1cc(C(=O)N2CC[C@@H](Cc3ncc(Cl)cn3)C2)no1. The van der Waals surface area contributed by atoms with Crippen molar-refractivity contribution >= 4 is 23.3 Å². The van der Waals surface area contributed by atoms with E-state index in [-0.39, 0.29) is 23.8 Å². The predicted molar refractivity (Wildman–Crippen MR) is 90.2 cm³/mol. The summed E-state index contributed by atoms with van der Waals surface area (Å²) in [4.78, 5) is 34.0. The van der Waals surface area contributed by atoms with E-state index >= 15 is 0 Å². The second kappa shape index (κ2) is 7.57. The largest absolute Gasteiger partial charge is 0.360 e. The van der Waals surface area contributed by atoms with E-state index in [4.69, 9.17) is 16.1 Å². The van der Waals surface area contributed by atoms with Crippen LogP contribution in [0.4, 0.5) is 0 Å². The standard InChI is InChI=1S/C17H17ClN4O3/c1-2-13(23)6-14-7-15(21-25-14)17(24)22-4-3-11(10-22)5-16-19-8-12(18)9-20-16/h2,7-9,11H,1,3-6,10H2/t11-/m0/s1. The first kappa shape index (κ1) is 17.3.